The molecule has 2 N–H and O–H groups in total. The Labute approximate surface area is 117 Å². The second-order valence-corrected chi connectivity index (χ2v) is 6.66. The van der Waals surface area contributed by atoms with E-state index in [2.05, 4.69) is 67.7 Å². The Morgan fingerprint density at radius 1 is 1.17 bits per heavy atom. The first kappa shape index (κ1) is 13.3. The summed E-state index contributed by atoms with van der Waals surface area (Å²) >= 11 is 3.63. The molecule has 1 aromatic carbocycles. The normalized spacial score (nSPS) is 12.1. The summed E-state index contributed by atoms with van der Waals surface area (Å²) in [6, 6.07) is 4.26. The molecule has 0 spiro atoms. The average Bonchev–Trinajstić information content (AvgIpc) is 2.24. The van der Waals surface area contributed by atoms with E-state index in [1.165, 1.54) is 16.5 Å². The second-order valence-electron chi connectivity index (χ2n) is 5.87. The number of aryl methyl sites for hydroxylation is 2. The predicted molar refractivity (Wildman–Crippen MR) is 82.0 cm³/mol. The van der Waals surface area contributed by atoms with Crippen molar-refractivity contribution >= 4 is 32.7 Å². The third-order valence-electron chi connectivity index (χ3n) is 3.32. The van der Waals surface area contributed by atoms with Gasteiger partial charge in [0.15, 0.2) is 0 Å². The SMILES string of the molecule is Cc1cc2nc(N)c(C(C)(C)C)cc2c(C)c1Br. The van der Waals surface area contributed by atoms with Crippen LogP contribution < -0.4 is 5.73 Å². The summed E-state index contributed by atoms with van der Waals surface area (Å²) in [6.45, 7) is 10.7. The minimum absolute atomic E-state index is 0.00900. The first-order chi connectivity index (χ1) is 8.21. The summed E-state index contributed by atoms with van der Waals surface area (Å²) in [4.78, 5) is 4.56. The summed E-state index contributed by atoms with van der Waals surface area (Å²) in [6.07, 6.45) is 0. The fourth-order valence-electron chi connectivity index (χ4n) is 2.24. The Balaban J connectivity index is 2.86. The van der Waals surface area contributed by atoms with Gasteiger partial charge < -0.3 is 5.73 Å². The van der Waals surface area contributed by atoms with Crippen molar-refractivity contribution in [3.05, 3.63) is 33.3 Å². The minimum atomic E-state index is 0.00900. The lowest BCUT2D eigenvalue weighted by Gasteiger charge is -2.22. The molecule has 0 saturated carbocycles. The van der Waals surface area contributed by atoms with Crippen molar-refractivity contribution in [2.75, 3.05) is 5.73 Å². The molecule has 0 saturated heterocycles. The van der Waals surface area contributed by atoms with Gasteiger partial charge in [-0.2, -0.15) is 0 Å². The fraction of sp³-hybridized carbons (Fsp3) is 0.400. The molecule has 1 heterocycles. The van der Waals surface area contributed by atoms with Crippen LogP contribution in [-0.4, -0.2) is 4.98 Å². The molecule has 96 valence electrons. The Kier molecular flexibility index (Phi) is 3.14. The average molecular weight is 307 g/mol. The van der Waals surface area contributed by atoms with Crippen molar-refractivity contribution in [3.8, 4) is 0 Å². The number of anilines is 1. The first-order valence-electron chi connectivity index (χ1n) is 6.08. The first-order valence-corrected chi connectivity index (χ1v) is 6.87. The smallest absolute Gasteiger partial charge is 0.127 e. The summed E-state index contributed by atoms with van der Waals surface area (Å²) in [5, 5.41) is 1.17. The molecule has 0 fully saturated rings. The fourth-order valence-corrected chi connectivity index (χ4v) is 2.56. The molecular weight excluding hydrogens is 288 g/mol. The van der Waals surface area contributed by atoms with Crippen LogP contribution in [0.3, 0.4) is 0 Å². The zero-order valence-corrected chi connectivity index (χ0v) is 13.1. The molecule has 0 atom stereocenters. The maximum Gasteiger partial charge on any atom is 0.127 e. The molecule has 0 amide bonds. The van der Waals surface area contributed by atoms with Crippen LogP contribution in [0.5, 0.6) is 0 Å². The molecule has 0 bridgehead atoms. The van der Waals surface area contributed by atoms with Crippen molar-refractivity contribution in [1.82, 2.24) is 4.98 Å². The molecule has 0 aliphatic carbocycles. The molecule has 2 aromatic rings. The van der Waals surface area contributed by atoms with Crippen LogP contribution in [0.1, 0.15) is 37.5 Å². The maximum absolute atomic E-state index is 6.09. The Hall–Kier alpha value is -1.09. The van der Waals surface area contributed by atoms with E-state index in [-0.39, 0.29) is 5.41 Å². The van der Waals surface area contributed by atoms with E-state index < -0.39 is 0 Å². The highest BCUT2D eigenvalue weighted by Crippen LogP contribution is 2.34. The van der Waals surface area contributed by atoms with Crippen molar-refractivity contribution in [3.63, 3.8) is 0 Å². The number of pyridine rings is 1. The highest BCUT2D eigenvalue weighted by molar-refractivity contribution is 9.10. The lowest BCUT2D eigenvalue weighted by atomic mass is 9.86. The van der Waals surface area contributed by atoms with Crippen LogP contribution in [0.25, 0.3) is 10.9 Å². The van der Waals surface area contributed by atoms with Gasteiger partial charge in [0.1, 0.15) is 5.82 Å². The van der Waals surface area contributed by atoms with E-state index in [0.717, 1.165) is 15.6 Å². The van der Waals surface area contributed by atoms with Crippen molar-refractivity contribution in [2.24, 2.45) is 0 Å². The van der Waals surface area contributed by atoms with Gasteiger partial charge in [0.05, 0.1) is 5.52 Å². The van der Waals surface area contributed by atoms with E-state index in [0.29, 0.717) is 5.82 Å². The van der Waals surface area contributed by atoms with Gasteiger partial charge in [0.2, 0.25) is 0 Å². The molecule has 0 radical (unpaired) electrons. The predicted octanol–water partition coefficient (Wildman–Crippen LogP) is 4.49. The van der Waals surface area contributed by atoms with E-state index in [1.807, 2.05) is 0 Å². The molecule has 2 rings (SSSR count). The molecule has 18 heavy (non-hydrogen) atoms. The number of halogens is 1. The third-order valence-corrected chi connectivity index (χ3v) is 4.54. The quantitative estimate of drug-likeness (QED) is 0.778. The van der Waals surface area contributed by atoms with Gasteiger partial charge in [0, 0.05) is 15.4 Å². The van der Waals surface area contributed by atoms with E-state index in [1.54, 1.807) is 0 Å². The molecule has 0 aliphatic heterocycles. The summed E-state index contributed by atoms with van der Waals surface area (Å²) < 4.78 is 1.15. The van der Waals surface area contributed by atoms with Gasteiger partial charge in [0.25, 0.3) is 0 Å². The van der Waals surface area contributed by atoms with Crippen LogP contribution >= 0.6 is 15.9 Å². The molecule has 0 aliphatic rings. The number of hydrogen-bond acceptors (Lipinski definition) is 2. The minimum Gasteiger partial charge on any atom is -0.383 e. The standard InChI is InChI=1S/C15H19BrN2/c1-8-6-12-10(9(2)13(8)16)7-11(14(17)18-12)15(3,4)5/h6-7H,1-5H3,(H2,17,18). The molecule has 3 heteroatoms. The maximum atomic E-state index is 6.09. The molecule has 2 nitrogen and oxygen atoms in total. The Bertz CT molecular complexity index is 625. The van der Waals surface area contributed by atoms with Crippen LogP contribution in [0.2, 0.25) is 0 Å². The Morgan fingerprint density at radius 3 is 2.33 bits per heavy atom. The number of rotatable bonds is 0. The zero-order chi connectivity index (χ0) is 13.7. The number of hydrogen-bond donors (Lipinski definition) is 1. The van der Waals surface area contributed by atoms with Gasteiger partial charge in [-0.15, -0.1) is 0 Å². The number of nitrogens with two attached hydrogens (primary N) is 1. The number of nitrogen functional groups attached to an aromatic ring is 1. The Morgan fingerprint density at radius 2 is 1.78 bits per heavy atom. The van der Waals surface area contributed by atoms with Crippen molar-refractivity contribution < 1.29 is 0 Å². The van der Waals surface area contributed by atoms with Crippen LogP contribution in [0.4, 0.5) is 5.82 Å². The van der Waals surface area contributed by atoms with Gasteiger partial charge in [-0.05, 0) is 42.5 Å². The third kappa shape index (κ3) is 2.12. The summed E-state index contributed by atoms with van der Waals surface area (Å²) in [7, 11) is 0. The second kappa shape index (κ2) is 4.23. The van der Waals surface area contributed by atoms with Gasteiger partial charge in [-0.25, -0.2) is 4.98 Å². The monoisotopic (exact) mass is 306 g/mol. The lowest BCUT2D eigenvalue weighted by molar-refractivity contribution is 0.591. The zero-order valence-electron chi connectivity index (χ0n) is 11.6. The number of benzene rings is 1. The highest BCUT2D eigenvalue weighted by atomic mass is 79.9. The van der Waals surface area contributed by atoms with E-state index in [9.17, 15) is 0 Å². The van der Waals surface area contributed by atoms with Crippen LogP contribution in [0.15, 0.2) is 16.6 Å². The number of fused-ring (bicyclic) bond motifs is 1. The summed E-state index contributed by atoms with van der Waals surface area (Å²) in [5.74, 6) is 0.635. The van der Waals surface area contributed by atoms with Crippen LogP contribution in [0, 0.1) is 13.8 Å². The van der Waals surface area contributed by atoms with Crippen LogP contribution in [-0.2, 0) is 5.41 Å². The lowest BCUT2D eigenvalue weighted by Crippen LogP contribution is -2.15. The van der Waals surface area contributed by atoms with E-state index >= 15 is 0 Å². The molecular formula is C15H19BrN2. The highest BCUT2D eigenvalue weighted by Gasteiger charge is 2.19. The molecule has 0 unspecified atom stereocenters. The molecule has 1 aromatic heterocycles. The number of aromatic nitrogens is 1. The van der Waals surface area contributed by atoms with Crippen molar-refractivity contribution in [2.45, 2.75) is 40.0 Å². The van der Waals surface area contributed by atoms with E-state index in [4.69, 9.17) is 5.73 Å². The van der Waals surface area contributed by atoms with Gasteiger partial charge >= 0.3 is 0 Å². The van der Waals surface area contributed by atoms with Crippen molar-refractivity contribution in [1.29, 1.82) is 0 Å². The van der Waals surface area contributed by atoms with Gasteiger partial charge in [-0.3, -0.25) is 0 Å². The number of nitrogens with zero attached hydrogens (tertiary/aromatic N) is 1. The topological polar surface area (TPSA) is 38.9 Å². The van der Waals surface area contributed by atoms with Gasteiger partial charge in [-0.1, -0.05) is 36.7 Å². The largest absolute Gasteiger partial charge is 0.383 e. The summed E-state index contributed by atoms with van der Waals surface area (Å²) in [5.41, 5.74) is 10.6.